The Bertz CT molecular complexity index is 1600. The van der Waals surface area contributed by atoms with Gasteiger partial charge in [-0.15, -0.1) is 11.8 Å². The first-order valence-corrected chi connectivity index (χ1v) is 13.2. The number of methoxy groups -OCH3 is 1. The minimum absolute atomic E-state index is 0.168. The molecule has 4 heterocycles. The monoisotopic (exact) mass is 538 g/mol. The Kier molecular flexibility index (Phi) is 5.02. The van der Waals surface area contributed by atoms with E-state index in [0.29, 0.717) is 24.0 Å². The lowest BCUT2D eigenvalue weighted by atomic mass is 9.91. The second-order valence-electron chi connectivity index (χ2n) is 10.1. The maximum atomic E-state index is 14.7. The minimum Gasteiger partial charge on any atom is -0.868 e. The van der Waals surface area contributed by atoms with Crippen molar-refractivity contribution in [1.29, 1.82) is 0 Å². The van der Waals surface area contributed by atoms with Crippen molar-refractivity contribution in [3.8, 4) is 5.75 Å². The van der Waals surface area contributed by atoms with Crippen molar-refractivity contribution < 1.29 is 28.2 Å². The molecule has 2 aromatic carbocycles. The van der Waals surface area contributed by atoms with Crippen LogP contribution in [0.1, 0.15) is 39.2 Å². The van der Waals surface area contributed by atoms with Gasteiger partial charge in [-0.05, 0) is 41.0 Å². The van der Waals surface area contributed by atoms with Gasteiger partial charge in [0.1, 0.15) is 11.3 Å². The van der Waals surface area contributed by atoms with Gasteiger partial charge in [0.05, 0.1) is 19.3 Å². The van der Waals surface area contributed by atoms with Gasteiger partial charge in [0.15, 0.2) is 22.7 Å². The molecule has 1 saturated heterocycles. The van der Waals surface area contributed by atoms with Crippen LogP contribution in [0.3, 0.4) is 0 Å². The number of carbonyl (C=O) groups excluding carboxylic acids is 1. The third-order valence-corrected chi connectivity index (χ3v) is 9.15. The largest absolute Gasteiger partial charge is 0.868 e. The van der Waals surface area contributed by atoms with Crippen LogP contribution in [-0.2, 0) is 27.2 Å². The number of thioether (sulfide) groups is 1. The molecule has 1 unspecified atom stereocenters. The Morgan fingerprint density at radius 2 is 2.05 bits per heavy atom. The van der Waals surface area contributed by atoms with E-state index in [1.54, 1.807) is 18.1 Å². The predicted octanol–water partition coefficient (Wildman–Crippen LogP) is 2.44. The summed E-state index contributed by atoms with van der Waals surface area (Å²) in [5.41, 5.74) is 3.10. The number of carbonyl (C=O) groups is 1. The molecule has 3 atom stereocenters. The lowest BCUT2D eigenvalue weighted by Gasteiger charge is -2.48. The van der Waals surface area contributed by atoms with Crippen LogP contribution in [-0.4, -0.2) is 47.5 Å². The van der Waals surface area contributed by atoms with Gasteiger partial charge in [0.25, 0.3) is 5.91 Å². The van der Waals surface area contributed by atoms with Gasteiger partial charge < -0.3 is 19.5 Å². The molecule has 1 aromatic heterocycles. The number of hydrogen-bond donors (Lipinski definition) is 1. The van der Waals surface area contributed by atoms with Gasteiger partial charge >= 0.3 is 0 Å². The molecule has 2 fully saturated rings. The molecule has 1 saturated carbocycles. The van der Waals surface area contributed by atoms with E-state index in [0.717, 1.165) is 28.2 Å². The van der Waals surface area contributed by atoms with Crippen LogP contribution in [0.2, 0.25) is 0 Å². The van der Waals surface area contributed by atoms with Crippen LogP contribution in [0.25, 0.3) is 0 Å². The van der Waals surface area contributed by atoms with Gasteiger partial charge in [0, 0.05) is 42.0 Å². The zero-order chi connectivity index (χ0) is 26.4. The Balaban J connectivity index is 1.39. The Labute approximate surface area is 220 Å². The first-order valence-electron chi connectivity index (χ1n) is 12.2. The molecule has 7 rings (SSSR count). The first-order chi connectivity index (χ1) is 18.3. The van der Waals surface area contributed by atoms with Gasteiger partial charge in [-0.2, -0.15) is 0 Å². The number of halogens is 2. The average Bonchev–Trinajstić information content (AvgIpc) is 3.60. The molecule has 0 bridgehead atoms. The van der Waals surface area contributed by atoms with Crippen LogP contribution in [0.4, 0.5) is 8.78 Å². The number of fused-ring (bicyclic) bond motifs is 3. The SMILES string of the molecule is COCC1CN2C(=O)c3c([O-])c(=O)ccn3N[C@@]23C[C@@]3(c2cccc3c2Cc2ccc(F)c(F)c2CS3)O1. The maximum absolute atomic E-state index is 14.7. The van der Waals surface area contributed by atoms with Crippen LogP contribution in [0, 0.1) is 11.6 Å². The first kappa shape index (κ1) is 23.7. The van der Waals surface area contributed by atoms with Gasteiger partial charge in [-0.1, -0.05) is 18.2 Å². The molecule has 1 spiro atoms. The molecule has 38 heavy (non-hydrogen) atoms. The number of aromatic nitrogens is 1. The smallest absolute Gasteiger partial charge is 0.273 e. The summed E-state index contributed by atoms with van der Waals surface area (Å²) >= 11 is 1.43. The molecule has 0 radical (unpaired) electrons. The van der Waals surface area contributed by atoms with E-state index in [2.05, 4.69) is 5.43 Å². The van der Waals surface area contributed by atoms with Crippen LogP contribution in [0.5, 0.6) is 5.75 Å². The number of hydrogen-bond acceptors (Lipinski definition) is 7. The fourth-order valence-corrected chi connectivity index (χ4v) is 7.39. The summed E-state index contributed by atoms with van der Waals surface area (Å²) in [5.74, 6) is -2.82. The lowest BCUT2D eigenvalue weighted by molar-refractivity contribution is -0.271. The second kappa shape index (κ2) is 8.05. The van der Waals surface area contributed by atoms with Crippen LogP contribution < -0.4 is 16.0 Å². The van der Waals surface area contributed by atoms with Crippen molar-refractivity contribution in [3.05, 3.63) is 92.4 Å². The number of amides is 1. The molecule has 11 heteroatoms. The van der Waals surface area contributed by atoms with Crippen molar-refractivity contribution in [2.45, 2.75) is 40.9 Å². The number of pyridine rings is 1. The molecular weight excluding hydrogens is 516 g/mol. The van der Waals surface area contributed by atoms with Crippen LogP contribution >= 0.6 is 11.8 Å². The number of nitrogens with zero attached hydrogens (tertiary/aromatic N) is 2. The molecular formula is C27H22F2N3O5S-. The highest BCUT2D eigenvalue weighted by molar-refractivity contribution is 7.98. The molecule has 3 aliphatic heterocycles. The summed E-state index contributed by atoms with van der Waals surface area (Å²) in [5, 5.41) is 12.6. The van der Waals surface area contributed by atoms with E-state index in [1.807, 2.05) is 18.2 Å². The Morgan fingerprint density at radius 3 is 2.87 bits per heavy atom. The highest BCUT2D eigenvalue weighted by Crippen LogP contribution is 2.66. The van der Waals surface area contributed by atoms with Crippen molar-refractivity contribution in [3.63, 3.8) is 0 Å². The Morgan fingerprint density at radius 1 is 1.21 bits per heavy atom. The van der Waals surface area contributed by atoms with Gasteiger partial charge in [-0.3, -0.25) is 19.7 Å². The van der Waals surface area contributed by atoms with Crippen molar-refractivity contribution >= 4 is 17.7 Å². The highest BCUT2D eigenvalue weighted by atomic mass is 32.2. The van der Waals surface area contributed by atoms with Crippen molar-refractivity contribution in [2.75, 3.05) is 25.7 Å². The van der Waals surface area contributed by atoms with Gasteiger partial charge in [0.2, 0.25) is 0 Å². The number of morpholine rings is 1. The molecule has 3 aromatic rings. The summed E-state index contributed by atoms with van der Waals surface area (Å²) in [6, 6.07) is 9.69. The van der Waals surface area contributed by atoms with E-state index in [-0.39, 0.29) is 24.6 Å². The van der Waals surface area contributed by atoms with Crippen LogP contribution in [0.15, 0.2) is 52.3 Å². The third-order valence-electron chi connectivity index (χ3n) is 8.02. The fourth-order valence-electron chi connectivity index (χ4n) is 6.25. The van der Waals surface area contributed by atoms with E-state index >= 15 is 0 Å². The van der Waals surface area contributed by atoms with Crippen molar-refractivity contribution in [1.82, 2.24) is 9.58 Å². The molecule has 1 aliphatic carbocycles. The van der Waals surface area contributed by atoms with Crippen molar-refractivity contribution in [2.24, 2.45) is 0 Å². The molecule has 1 N–H and O–H groups in total. The zero-order valence-electron chi connectivity index (χ0n) is 20.3. The van der Waals surface area contributed by atoms with E-state index in [1.165, 1.54) is 22.6 Å². The number of rotatable bonds is 3. The zero-order valence-corrected chi connectivity index (χ0v) is 21.1. The normalized spacial score (nSPS) is 26.8. The minimum atomic E-state index is -1.01. The highest BCUT2D eigenvalue weighted by Gasteiger charge is 2.79. The lowest BCUT2D eigenvalue weighted by Crippen LogP contribution is -2.65. The summed E-state index contributed by atoms with van der Waals surface area (Å²) < 4.78 is 42.1. The number of nitrogens with one attached hydrogen (secondary N) is 1. The topological polar surface area (TPSA) is 95.9 Å². The molecule has 8 nitrogen and oxygen atoms in total. The van der Waals surface area contributed by atoms with E-state index in [9.17, 15) is 23.5 Å². The quantitative estimate of drug-likeness (QED) is 0.547. The standard InChI is InChI=1S/C27H23F2N3O5S/c1-36-11-15-10-31-25(35)23-24(34)20(33)7-8-32(23)30-27(31)13-26(27,37-15)18-3-2-4-21-16(18)9-14-5-6-19(28)22(29)17(14)12-38-21/h2-8,15,30,34H,9-13H2,1H3/p-1/t15?,26-,27-/m0/s1. The molecule has 4 aliphatic rings. The fraction of sp³-hybridized carbons (Fsp3) is 0.333. The predicted molar refractivity (Wildman–Crippen MR) is 131 cm³/mol. The summed E-state index contributed by atoms with van der Waals surface area (Å²) in [6.45, 7) is 0.381. The van der Waals surface area contributed by atoms with E-state index < -0.39 is 46.1 Å². The van der Waals surface area contributed by atoms with E-state index in [4.69, 9.17) is 9.47 Å². The summed E-state index contributed by atoms with van der Waals surface area (Å²) in [6.07, 6.45) is 1.65. The van der Waals surface area contributed by atoms with Gasteiger partial charge in [-0.25, -0.2) is 8.78 Å². The summed E-state index contributed by atoms with van der Waals surface area (Å²) in [4.78, 5) is 28.3. The summed E-state index contributed by atoms with van der Waals surface area (Å²) in [7, 11) is 1.54. The second-order valence-corrected chi connectivity index (χ2v) is 11.1. The molecule has 1 amide bonds. The Hall–Kier alpha value is -3.41. The third kappa shape index (κ3) is 3.03. The average molecular weight is 539 g/mol. The number of ether oxygens (including phenoxy) is 2. The maximum Gasteiger partial charge on any atom is 0.273 e. The number of benzene rings is 2. The molecule has 196 valence electrons.